The lowest BCUT2D eigenvalue weighted by Crippen LogP contribution is -2.46. The van der Waals surface area contributed by atoms with Crippen LogP contribution in [0.1, 0.15) is 32.8 Å². The predicted molar refractivity (Wildman–Crippen MR) is 76.1 cm³/mol. The van der Waals surface area contributed by atoms with Crippen molar-refractivity contribution in [2.24, 2.45) is 5.84 Å². The zero-order valence-corrected chi connectivity index (χ0v) is 11.9. The maximum absolute atomic E-state index is 5.77. The molecule has 1 aromatic heterocycles. The molecular formula is C13H23N5O. The van der Waals surface area contributed by atoms with Crippen molar-refractivity contribution < 1.29 is 4.74 Å². The van der Waals surface area contributed by atoms with Gasteiger partial charge in [-0.2, -0.15) is 0 Å². The number of aromatic nitrogens is 2. The average molecular weight is 265 g/mol. The number of morpholine rings is 1. The lowest BCUT2D eigenvalue weighted by Gasteiger charge is -2.37. The highest BCUT2D eigenvalue weighted by Crippen LogP contribution is 2.27. The number of hydrogen-bond donors (Lipinski definition) is 2. The lowest BCUT2D eigenvalue weighted by molar-refractivity contribution is -0.00551. The first kappa shape index (κ1) is 14.0. The molecule has 3 N–H and O–H groups in total. The van der Waals surface area contributed by atoms with Gasteiger partial charge in [-0.25, -0.2) is 15.8 Å². The third kappa shape index (κ3) is 3.13. The van der Waals surface area contributed by atoms with E-state index in [2.05, 4.69) is 41.1 Å². The fraction of sp³-hybridized carbons (Fsp3) is 0.692. The van der Waals surface area contributed by atoms with Crippen molar-refractivity contribution in [1.29, 1.82) is 0 Å². The SMILES string of the molecule is CCCc1c(NN)ncnc1N1CC(C)OC(C)C1. The summed E-state index contributed by atoms with van der Waals surface area (Å²) in [7, 11) is 0. The summed E-state index contributed by atoms with van der Waals surface area (Å²) in [6.45, 7) is 8.02. The summed E-state index contributed by atoms with van der Waals surface area (Å²) in [6.07, 6.45) is 3.93. The summed E-state index contributed by atoms with van der Waals surface area (Å²) in [5, 5.41) is 0. The summed E-state index contributed by atoms with van der Waals surface area (Å²) in [5.74, 6) is 7.25. The minimum atomic E-state index is 0.211. The zero-order valence-electron chi connectivity index (χ0n) is 11.9. The van der Waals surface area contributed by atoms with Gasteiger partial charge in [0, 0.05) is 18.7 Å². The smallest absolute Gasteiger partial charge is 0.148 e. The molecule has 1 aliphatic rings. The van der Waals surface area contributed by atoms with Gasteiger partial charge in [-0.3, -0.25) is 0 Å². The second kappa shape index (κ2) is 6.16. The van der Waals surface area contributed by atoms with Gasteiger partial charge < -0.3 is 15.1 Å². The highest BCUT2D eigenvalue weighted by Gasteiger charge is 2.25. The minimum Gasteiger partial charge on any atom is -0.372 e. The molecule has 2 atom stereocenters. The van der Waals surface area contributed by atoms with E-state index in [-0.39, 0.29) is 12.2 Å². The van der Waals surface area contributed by atoms with Crippen LogP contribution in [0.4, 0.5) is 11.6 Å². The second-order valence-electron chi connectivity index (χ2n) is 5.08. The Hall–Kier alpha value is -1.40. The number of nitrogen functional groups attached to an aromatic ring is 1. The van der Waals surface area contributed by atoms with Crippen LogP contribution in [0.3, 0.4) is 0 Å². The Labute approximate surface area is 114 Å². The predicted octanol–water partition coefficient (Wildman–Crippen LogP) is 1.33. The van der Waals surface area contributed by atoms with E-state index in [1.807, 2.05) is 0 Å². The summed E-state index contributed by atoms with van der Waals surface area (Å²) in [5.41, 5.74) is 3.76. The Morgan fingerprint density at radius 3 is 2.63 bits per heavy atom. The molecule has 2 rings (SSSR count). The monoisotopic (exact) mass is 265 g/mol. The molecule has 0 saturated carbocycles. The van der Waals surface area contributed by atoms with Crippen molar-refractivity contribution in [1.82, 2.24) is 9.97 Å². The third-order valence-corrected chi connectivity index (χ3v) is 3.28. The first-order chi connectivity index (χ1) is 9.15. The Balaban J connectivity index is 2.32. The lowest BCUT2D eigenvalue weighted by atomic mass is 10.1. The maximum Gasteiger partial charge on any atom is 0.148 e. The van der Waals surface area contributed by atoms with Crippen molar-refractivity contribution in [3.8, 4) is 0 Å². The van der Waals surface area contributed by atoms with Gasteiger partial charge in [-0.15, -0.1) is 0 Å². The number of nitrogens with zero attached hydrogens (tertiary/aromatic N) is 3. The highest BCUT2D eigenvalue weighted by molar-refractivity contribution is 5.58. The van der Waals surface area contributed by atoms with E-state index in [0.29, 0.717) is 0 Å². The summed E-state index contributed by atoms with van der Waals surface area (Å²) >= 11 is 0. The van der Waals surface area contributed by atoms with Crippen molar-refractivity contribution in [3.63, 3.8) is 0 Å². The molecule has 2 heterocycles. The van der Waals surface area contributed by atoms with E-state index in [4.69, 9.17) is 10.6 Å². The quantitative estimate of drug-likeness (QED) is 0.632. The van der Waals surface area contributed by atoms with E-state index in [9.17, 15) is 0 Å². The van der Waals surface area contributed by atoms with E-state index >= 15 is 0 Å². The van der Waals surface area contributed by atoms with Crippen molar-refractivity contribution in [2.75, 3.05) is 23.4 Å². The fourth-order valence-corrected chi connectivity index (χ4v) is 2.63. The van der Waals surface area contributed by atoms with E-state index in [1.54, 1.807) is 6.33 Å². The number of nitrogens with two attached hydrogens (primary N) is 1. The van der Waals surface area contributed by atoms with Crippen LogP contribution >= 0.6 is 0 Å². The summed E-state index contributed by atoms with van der Waals surface area (Å²) in [6, 6.07) is 0. The van der Waals surface area contributed by atoms with Gasteiger partial charge in [0.05, 0.1) is 12.2 Å². The van der Waals surface area contributed by atoms with E-state index < -0.39 is 0 Å². The number of ether oxygens (including phenoxy) is 1. The van der Waals surface area contributed by atoms with Gasteiger partial charge in [-0.1, -0.05) is 13.3 Å². The molecule has 1 fully saturated rings. The van der Waals surface area contributed by atoms with Gasteiger partial charge in [0.25, 0.3) is 0 Å². The molecular weight excluding hydrogens is 242 g/mol. The topological polar surface area (TPSA) is 76.3 Å². The average Bonchev–Trinajstić information content (AvgIpc) is 2.38. The molecule has 0 spiro atoms. The van der Waals surface area contributed by atoms with Crippen LogP contribution in [0.15, 0.2) is 6.33 Å². The largest absolute Gasteiger partial charge is 0.372 e. The molecule has 2 unspecified atom stereocenters. The number of rotatable bonds is 4. The maximum atomic E-state index is 5.77. The Morgan fingerprint density at radius 1 is 1.37 bits per heavy atom. The van der Waals surface area contributed by atoms with Crippen molar-refractivity contribution in [3.05, 3.63) is 11.9 Å². The summed E-state index contributed by atoms with van der Waals surface area (Å²) < 4.78 is 5.77. The number of hydrogen-bond acceptors (Lipinski definition) is 6. The fourth-order valence-electron chi connectivity index (χ4n) is 2.63. The van der Waals surface area contributed by atoms with Crippen LogP contribution in [-0.4, -0.2) is 35.3 Å². The number of hydrazine groups is 1. The van der Waals surface area contributed by atoms with Gasteiger partial charge in [0.1, 0.15) is 18.0 Å². The Morgan fingerprint density at radius 2 is 2.05 bits per heavy atom. The molecule has 0 aliphatic carbocycles. The first-order valence-corrected chi connectivity index (χ1v) is 6.86. The zero-order chi connectivity index (χ0) is 13.8. The van der Waals surface area contributed by atoms with E-state index in [1.165, 1.54) is 0 Å². The van der Waals surface area contributed by atoms with Crippen LogP contribution in [0.2, 0.25) is 0 Å². The Kier molecular flexibility index (Phi) is 4.55. The molecule has 0 bridgehead atoms. The van der Waals surface area contributed by atoms with Crippen LogP contribution in [0.25, 0.3) is 0 Å². The Bertz CT molecular complexity index is 415. The number of anilines is 2. The van der Waals surface area contributed by atoms with Crippen LogP contribution in [0, 0.1) is 0 Å². The molecule has 1 aromatic rings. The van der Waals surface area contributed by atoms with Crippen LogP contribution in [0.5, 0.6) is 0 Å². The molecule has 0 amide bonds. The standard InChI is InChI=1S/C13H23N5O/c1-4-5-11-12(17-14)15-8-16-13(11)18-6-9(2)19-10(3)7-18/h8-10H,4-7,14H2,1-3H3,(H,15,16,17). The van der Waals surface area contributed by atoms with Crippen molar-refractivity contribution >= 4 is 11.6 Å². The molecule has 106 valence electrons. The normalized spacial score (nSPS) is 23.5. The second-order valence-corrected chi connectivity index (χ2v) is 5.08. The number of nitrogens with one attached hydrogen (secondary N) is 1. The minimum absolute atomic E-state index is 0.211. The van der Waals surface area contributed by atoms with Gasteiger partial charge >= 0.3 is 0 Å². The third-order valence-electron chi connectivity index (χ3n) is 3.28. The molecule has 1 saturated heterocycles. The van der Waals surface area contributed by atoms with Crippen LogP contribution < -0.4 is 16.2 Å². The highest BCUT2D eigenvalue weighted by atomic mass is 16.5. The van der Waals surface area contributed by atoms with Crippen molar-refractivity contribution in [2.45, 2.75) is 45.8 Å². The molecule has 1 aliphatic heterocycles. The van der Waals surface area contributed by atoms with Gasteiger partial charge in [-0.05, 0) is 20.3 Å². The van der Waals surface area contributed by atoms with E-state index in [0.717, 1.165) is 43.1 Å². The first-order valence-electron chi connectivity index (χ1n) is 6.86. The van der Waals surface area contributed by atoms with Crippen LogP contribution in [-0.2, 0) is 11.2 Å². The molecule has 0 aromatic carbocycles. The molecule has 0 radical (unpaired) electrons. The van der Waals surface area contributed by atoms with Gasteiger partial charge in [0.2, 0.25) is 0 Å². The molecule has 6 heteroatoms. The summed E-state index contributed by atoms with van der Waals surface area (Å²) in [4.78, 5) is 10.9. The molecule has 19 heavy (non-hydrogen) atoms. The molecule has 6 nitrogen and oxygen atoms in total. The van der Waals surface area contributed by atoms with Gasteiger partial charge in [0.15, 0.2) is 0 Å².